The van der Waals surface area contributed by atoms with Crippen LogP contribution in [0.5, 0.6) is 0 Å². The molecule has 1 aromatic heterocycles. The van der Waals surface area contributed by atoms with Crippen molar-refractivity contribution in [2.45, 2.75) is 37.3 Å². The molecule has 1 saturated carbocycles. The summed E-state index contributed by atoms with van der Waals surface area (Å²) in [6.45, 7) is 0. The van der Waals surface area contributed by atoms with Crippen LogP contribution in [0.4, 0.5) is 0 Å². The van der Waals surface area contributed by atoms with Crippen molar-refractivity contribution in [1.29, 1.82) is 0 Å². The lowest BCUT2D eigenvalue weighted by Gasteiger charge is -2.37. The first-order valence-electron chi connectivity index (χ1n) is 6.30. The fourth-order valence-electron chi connectivity index (χ4n) is 2.94. The third-order valence-electron chi connectivity index (χ3n) is 4.05. The molecule has 0 amide bonds. The zero-order valence-corrected chi connectivity index (χ0v) is 9.95. The molecule has 1 aromatic carbocycles. The summed E-state index contributed by atoms with van der Waals surface area (Å²) in [6.07, 6.45) is 6.00. The van der Waals surface area contributed by atoms with Gasteiger partial charge in [0.05, 0.1) is 0 Å². The first kappa shape index (κ1) is 10.8. The number of aromatic nitrogens is 1. The predicted molar refractivity (Wildman–Crippen MR) is 70.6 cm³/mol. The summed E-state index contributed by atoms with van der Waals surface area (Å²) in [6, 6.07) is 8.78. The third-order valence-corrected chi connectivity index (χ3v) is 4.05. The smallest absolute Gasteiger partial charge is 0.0457 e. The van der Waals surface area contributed by atoms with Gasteiger partial charge in [0.25, 0.3) is 0 Å². The number of H-pyrrole nitrogens is 1. The van der Waals surface area contributed by atoms with Crippen LogP contribution in [0.15, 0.2) is 30.5 Å². The van der Waals surface area contributed by atoms with E-state index < -0.39 is 0 Å². The molecule has 0 bridgehead atoms. The van der Waals surface area contributed by atoms with Crippen molar-refractivity contribution in [3.63, 3.8) is 0 Å². The molecule has 2 aromatic rings. The molecule has 17 heavy (non-hydrogen) atoms. The monoisotopic (exact) mass is 229 g/mol. The van der Waals surface area contributed by atoms with Gasteiger partial charge in [-0.3, -0.25) is 0 Å². The van der Waals surface area contributed by atoms with Crippen LogP contribution in [-0.4, -0.2) is 11.0 Å². The number of nitrogens with two attached hydrogens (primary N) is 2. The summed E-state index contributed by atoms with van der Waals surface area (Å²) >= 11 is 0. The molecule has 0 aliphatic heterocycles. The first-order valence-corrected chi connectivity index (χ1v) is 6.30. The number of fused-ring (bicyclic) bond motifs is 1. The number of nitrogens with one attached hydrogen (secondary N) is 1. The highest BCUT2D eigenvalue weighted by molar-refractivity contribution is 5.83. The summed E-state index contributed by atoms with van der Waals surface area (Å²) in [7, 11) is 0. The molecule has 0 unspecified atom stereocenters. The molecule has 0 spiro atoms. The fraction of sp³-hybridized carbons (Fsp3) is 0.429. The van der Waals surface area contributed by atoms with E-state index in [-0.39, 0.29) is 5.54 Å². The highest BCUT2D eigenvalue weighted by Crippen LogP contribution is 2.37. The van der Waals surface area contributed by atoms with E-state index in [2.05, 4.69) is 29.2 Å². The molecule has 1 heterocycles. The molecule has 3 nitrogen and oxygen atoms in total. The topological polar surface area (TPSA) is 67.8 Å². The number of benzene rings is 1. The molecule has 5 N–H and O–H groups in total. The Hall–Kier alpha value is -1.32. The van der Waals surface area contributed by atoms with E-state index in [1.165, 1.54) is 16.5 Å². The minimum Gasteiger partial charge on any atom is -0.361 e. The Morgan fingerprint density at radius 2 is 1.94 bits per heavy atom. The van der Waals surface area contributed by atoms with Crippen molar-refractivity contribution in [3.05, 3.63) is 36.0 Å². The number of hydrogen-bond acceptors (Lipinski definition) is 2. The first-order chi connectivity index (χ1) is 8.19. The highest BCUT2D eigenvalue weighted by Gasteiger charge is 2.33. The van der Waals surface area contributed by atoms with E-state index in [0.29, 0.717) is 6.04 Å². The molecule has 0 radical (unpaired) electrons. The van der Waals surface area contributed by atoms with Crippen molar-refractivity contribution >= 4 is 10.9 Å². The van der Waals surface area contributed by atoms with Gasteiger partial charge in [-0.1, -0.05) is 12.1 Å². The lowest BCUT2D eigenvalue weighted by atomic mass is 9.75. The molecule has 90 valence electrons. The third kappa shape index (κ3) is 1.75. The van der Waals surface area contributed by atoms with Gasteiger partial charge >= 0.3 is 0 Å². The van der Waals surface area contributed by atoms with Gasteiger partial charge in [0.15, 0.2) is 0 Å². The summed E-state index contributed by atoms with van der Waals surface area (Å²) in [5.74, 6) is 0. The summed E-state index contributed by atoms with van der Waals surface area (Å²) in [5.41, 5.74) is 14.8. The molecule has 3 rings (SSSR count). The van der Waals surface area contributed by atoms with Gasteiger partial charge in [-0.15, -0.1) is 0 Å². The molecular formula is C14H19N3. The van der Waals surface area contributed by atoms with Crippen LogP contribution in [0.2, 0.25) is 0 Å². The van der Waals surface area contributed by atoms with E-state index in [1.54, 1.807) is 0 Å². The van der Waals surface area contributed by atoms with Crippen LogP contribution in [0.25, 0.3) is 10.9 Å². The Kier molecular flexibility index (Phi) is 2.45. The van der Waals surface area contributed by atoms with Gasteiger partial charge in [0.2, 0.25) is 0 Å². The number of rotatable bonds is 1. The molecular weight excluding hydrogens is 210 g/mol. The minimum atomic E-state index is -0.197. The van der Waals surface area contributed by atoms with Crippen molar-refractivity contribution in [1.82, 2.24) is 4.98 Å². The van der Waals surface area contributed by atoms with E-state index >= 15 is 0 Å². The minimum absolute atomic E-state index is 0.197. The van der Waals surface area contributed by atoms with Crippen molar-refractivity contribution in [2.24, 2.45) is 11.5 Å². The van der Waals surface area contributed by atoms with Crippen molar-refractivity contribution in [3.8, 4) is 0 Å². The maximum absolute atomic E-state index is 6.60. The molecule has 1 aliphatic rings. The second-order valence-corrected chi connectivity index (χ2v) is 5.24. The maximum atomic E-state index is 6.60. The van der Waals surface area contributed by atoms with E-state index in [9.17, 15) is 0 Å². The van der Waals surface area contributed by atoms with Crippen LogP contribution in [-0.2, 0) is 5.54 Å². The Labute approximate surface area is 101 Å². The average molecular weight is 229 g/mol. The highest BCUT2D eigenvalue weighted by atomic mass is 14.8. The van der Waals surface area contributed by atoms with Crippen LogP contribution >= 0.6 is 0 Å². The Bertz CT molecular complexity index is 521. The van der Waals surface area contributed by atoms with Crippen LogP contribution in [0.1, 0.15) is 31.2 Å². The second kappa shape index (κ2) is 3.86. The van der Waals surface area contributed by atoms with Gasteiger partial charge in [-0.25, -0.2) is 0 Å². The molecule has 0 saturated heterocycles. The second-order valence-electron chi connectivity index (χ2n) is 5.24. The Morgan fingerprint density at radius 1 is 1.18 bits per heavy atom. The molecule has 1 fully saturated rings. The van der Waals surface area contributed by atoms with Crippen LogP contribution < -0.4 is 11.5 Å². The van der Waals surface area contributed by atoms with Crippen molar-refractivity contribution in [2.75, 3.05) is 0 Å². The SMILES string of the molecule is NC1CCC(N)(c2cccc3[nH]ccc23)CC1. The quantitative estimate of drug-likeness (QED) is 0.702. The van der Waals surface area contributed by atoms with Crippen LogP contribution in [0.3, 0.4) is 0 Å². The summed E-state index contributed by atoms with van der Waals surface area (Å²) in [4.78, 5) is 3.24. The lowest BCUT2D eigenvalue weighted by Crippen LogP contribution is -2.43. The summed E-state index contributed by atoms with van der Waals surface area (Å²) in [5, 5.41) is 1.26. The number of hydrogen-bond donors (Lipinski definition) is 3. The molecule has 1 aliphatic carbocycles. The largest absolute Gasteiger partial charge is 0.361 e. The predicted octanol–water partition coefficient (Wildman–Crippen LogP) is 2.22. The zero-order chi connectivity index (χ0) is 11.9. The van der Waals surface area contributed by atoms with Gasteiger partial charge in [-0.2, -0.15) is 0 Å². The van der Waals surface area contributed by atoms with E-state index in [4.69, 9.17) is 11.5 Å². The zero-order valence-electron chi connectivity index (χ0n) is 9.95. The Balaban J connectivity index is 2.05. The number of aromatic amines is 1. The van der Waals surface area contributed by atoms with Crippen LogP contribution in [0, 0.1) is 0 Å². The van der Waals surface area contributed by atoms with Gasteiger partial charge < -0.3 is 16.5 Å². The van der Waals surface area contributed by atoms with Gasteiger partial charge in [-0.05, 0) is 43.4 Å². The standard InChI is InChI=1S/C14H19N3/c15-10-4-7-14(16,8-5-10)12-2-1-3-13-11(12)6-9-17-13/h1-3,6,9-10,17H,4-5,7-8,15-16H2. The fourth-order valence-corrected chi connectivity index (χ4v) is 2.94. The van der Waals surface area contributed by atoms with Gasteiger partial charge in [0.1, 0.15) is 0 Å². The van der Waals surface area contributed by atoms with E-state index in [0.717, 1.165) is 25.7 Å². The van der Waals surface area contributed by atoms with Gasteiger partial charge in [0, 0.05) is 28.7 Å². The molecule has 3 heteroatoms. The Morgan fingerprint density at radius 3 is 2.71 bits per heavy atom. The average Bonchev–Trinajstić information content (AvgIpc) is 2.81. The normalized spacial score (nSPS) is 29.6. The molecule has 0 atom stereocenters. The van der Waals surface area contributed by atoms with Crippen molar-refractivity contribution < 1.29 is 0 Å². The summed E-state index contributed by atoms with van der Waals surface area (Å²) < 4.78 is 0. The maximum Gasteiger partial charge on any atom is 0.0457 e. The lowest BCUT2D eigenvalue weighted by molar-refractivity contribution is 0.279. The van der Waals surface area contributed by atoms with E-state index in [1.807, 2.05) is 6.20 Å².